The molecule has 7 heteroatoms. The Morgan fingerprint density at radius 3 is 2.70 bits per heavy atom. The Morgan fingerprint density at radius 2 is 2.07 bits per heavy atom. The summed E-state index contributed by atoms with van der Waals surface area (Å²) in [6.07, 6.45) is 8.97. The lowest BCUT2D eigenvalue weighted by atomic mass is 9.75. The zero-order chi connectivity index (χ0) is 18.7. The molecule has 2 saturated heterocycles. The van der Waals surface area contributed by atoms with Crippen molar-refractivity contribution in [1.82, 2.24) is 20.5 Å². The lowest BCUT2D eigenvalue weighted by molar-refractivity contribution is -0.127. The van der Waals surface area contributed by atoms with Crippen molar-refractivity contribution < 1.29 is 14.0 Å². The van der Waals surface area contributed by atoms with Crippen LogP contribution in [0.4, 0.5) is 4.79 Å². The van der Waals surface area contributed by atoms with Gasteiger partial charge in [0.1, 0.15) is 5.76 Å². The van der Waals surface area contributed by atoms with Crippen LogP contribution in [0.5, 0.6) is 0 Å². The monoisotopic (exact) mass is 366 g/mol. The van der Waals surface area contributed by atoms with E-state index >= 15 is 0 Å². The quantitative estimate of drug-likeness (QED) is 0.792. The maximum Gasteiger partial charge on any atom is 0.322 e. The van der Waals surface area contributed by atoms with Gasteiger partial charge in [0.15, 0.2) is 5.54 Å². The molecule has 2 aliphatic rings. The van der Waals surface area contributed by atoms with E-state index < -0.39 is 11.6 Å². The molecule has 0 aliphatic carbocycles. The van der Waals surface area contributed by atoms with Crippen LogP contribution in [0.25, 0.3) is 6.08 Å². The summed E-state index contributed by atoms with van der Waals surface area (Å²) < 4.78 is 5.29. The van der Waals surface area contributed by atoms with Gasteiger partial charge in [0.2, 0.25) is 0 Å². The molecule has 1 atom stereocenters. The van der Waals surface area contributed by atoms with Gasteiger partial charge in [0.05, 0.1) is 12.0 Å². The maximum atomic E-state index is 12.7. The zero-order valence-electron chi connectivity index (χ0n) is 14.9. The number of amides is 3. The third kappa shape index (κ3) is 3.38. The van der Waals surface area contributed by atoms with Gasteiger partial charge in [-0.05, 0) is 62.2 Å². The number of hydrogen-bond donors (Lipinski definition) is 2. The molecule has 4 rings (SSSR count). The van der Waals surface area contributed by atoms with E-state index in [1.807, 2.05) is 30.3 Å². The number of likely N-dealkylation sites (tertiary alicyclic amines) is 1. The van der Waals surface area contributed by atoms with E-state index in [4.69, 9.17) is 4.42 Å². The van der Waals surface area contributed by atoms with Crippen LogP contribution in [0.2, 0.25) is 0 Å². The van der Waals surface area contributed by atoms with Crippen LogP contribution in [0.1, 0.15) is 24.3 Å². The molecule has 3 amide bonds. The van der Waals surface area contributed by atoms with Crippen LogP contribution in [-0.2, 0) is 10.3 Å². The summed E-state index contributed by atoms with van der Waals surface area (Å²) in [6.45, 7) is 2.53. The average Bonchev–Trinajstić information content (AvgIpc) is 3.31. The first kappa shape index (κ1) is 17.5. The summed E-state index contributed by atoms with van der Waals surface area (Å²) in [4.78, 5) is 31.3. The van der Waals surface area contributed by atoms with Crippen LogP contribution >= 0.6 is 0 Å². The van der Waals surface area contributed by atoms with Crippen molar-refractivity contribution >= 4 is 18.0 Å². The lowest BCUT2D eigenvalue weighted by Crippen LogP contribution is -2.54. The van der Waals surface area contributed by atoms with Crippen LogP contribution in [0.3, 0.4) is 0 Å². The van der Waals surface area contributed by atoms with Crippen LogP contribution in [-0.4, -0.2) is 41.5 Å². The van der Waals surface area contributed by atoms with Crippen molar-refractivity contribution in [3.63, 3.8) is 0 Å². The molecule has 2 aliphatic heterocycles. The second-order valence-corrected chi connectivity index (χ2v) is 6.92. The fourth-order valence-electron chi connectivity index (χ4n) is 3.99. The number of rotatable bonds is 5. The van der Waals surface area contributed by atoms with Crippen LogP contribution < -0.4 is 10.6 Å². The van der Waals surface area contributed by atoms with Gasteiger partial charge in [-0.2, -0.15) is 0 Å². The molecule has 0 saturated carbocycles. The van der Waals surface area contributed by atoms with Gasteiger partial charge in [-0.25, -0.2) is 4.79 Å². The first-order valence-corrected chi connectivity index (χ1v) is 9.16. The minimum Gasteiger partial charge on any atom is -0.465 e. The number of nitrogens with zero attached hydrogens (tertiary/aromatic N) is 2. The smallest absolute Gasteiger partial charge is 0.322 e. The Balaban J connectivity index is 1.45. The van der Waals surface area contributed by atoms with Crippen molar-refractivity contribution in [3.05, 3.63) is 60.3 Å². The Morgan fingerprint density at radius 1 is 1.22 bits per heavy atom. The molecule has 4 heterocycles. The predicted octanol–water partition coefficient (Wildman–Crippen LogP) is 2.13. The van der Waals surface area contributed by atoms with Gasteiger partial charge in [-0.3, -0.25) is 20.0 Å². The molecular formula is C20H22N4O3. The van der Waals surface area contributed by atoms with Crippen molar-refractivity contribution in [2.75, 3.05) is 19.6 Å². The van der Waals surface area contributed by atoms with Gasteiger partial charge >= 0.3 is 6.03 Å². The first-order chi connectivity index (χ1) is 13.2. The molecule has 2 N–H and O–H groups in total. The SMILES string of the molecule is O=C1NC(=O)[C@](c2ccccn2)(C2CCN(C/C=C/c3ccco3)CC2)N1. The fourth-order valence-corrected chi connectivity index (χ4v) is 3.99. The van der Waals surface area contributed by atoms with E-state index in [1.54, 1.807) is 18.5 Å². The Kier molecular flexibility index (Phi) is 4.77. The van der Waals surface area contributed by atoms with Gasteiger partial charge in [0.25, 0.3) is 5.91 Å². The molecule has 2 aromatic rings. The van der Waals surface area contributed by atoms with E-state index in [0.29, 0.717) is 5.69 Å². The van der Waals surface area contributed by atoms with Crippen molar-refractivity contribution in [2.45, 2.75) is 18.4 Å². The number of aromatic nitrogens is 1. The van der Waals surface area contributed by atoms with E-state index in [1.165, 1.54) is 0 Å². The second-order valence-electron chi connectivity index (χ2n) is 6.92. The third-order valence-corrected chi connectivity index (χ3v) is 5.35. The van der Waals surface area contributed by atoms with E-state index in [0.717, 1.165) is 38.2 Å². The molecule has 140 valence electrons. The number of nitrogens with one attached hydrogen (secondary N) is 2. The zero-order valence-corrected chi connectivity index (χ0v) is 14.9. The lowest BCUT2D eigenvalue weighted by Gasteiger charge is -2.40. The van der Waals surface area contributed by atoms with E-state index in [-0.39, 0.29) is 11.8 Å². The Hall–Kier alpha value is -2.93. The number of pyridine rings is 1. The van der Waals surface area contributed by atoms with E-state index in [9.17, 15) is 9.59 Å². The van der Waals surface area contributed by atoms with Crippen LogP contribution in [0.15, 0.2) is 53.3 Å². The average molecular weight is 366 g/mol. The largest absolute Gasteiger partial charge is 0.465 e. The van der Waals surface area contributed by atoms with Crippen LogP contribution in [0, 0.1) is 5.92 Å². The molecule has 0 radical (unpaired) electrons. The first-order valence-electron chi connectivity index (χ1n) is 9.16. The summed E-state index contributed by atoms with van der Waals surface area (Å²) in [5, 5.41) is 5.27. The molecule has 0 spiro atoms. The number of carbonyl (C=O) groups excluding carboxylic acids is 2. The molecule has 2 fully saturated rings. The summed E-state index contributed by atoms with van der Waals surface area (Å²) in [5.41, 5.74) is -0.474. The van der Waals surface area contributed by atoms with Gasteiger partial charge < -0.3 is 9.73 Å². The van der Waals surface area contributed by atoms with Gasteiger partial charge in [0, 0.05) is 12.7 Å². The predicted molar refractivity (Wildman–Crippen MR) is 99.5 cm³/mol. The number of urea groups is 1. The van der Waals surface area contributed by atoms with Crippen molar-refractivity contribution in [2.24, 2.45) is 5.92 Å². The molecular weight excluding hydrogens is 344 g/mol. The van der Waals surface area contributed by atoms with Gasteiger partial charge in [-0.1, -0.05) is 12.1 Å². The van der Waals surface area contributed by atoms with Crippen molar-refractivity contribution in [1.29, 1.82) is 0 Å². The Labute approximate surface area is 157 Å². The minimum absolute atomic E-state index is 0.00385. The third-order valence-electron chi connectivity index (χ3n) is 5.35. The summed E-state index contributed by atoms with van der Waals surface area (Å²) in [7, 11) is 0. The minimum atomic E-state index is -1.07. The molecule has 0 bridgehead atoms. The molecule has 7 nitrogen and oxygen atoms in total. The highest BCUT2D eigenvalue weighted by atomic mass is 16.3. The maximum absolute atomic E-state index is 12.7. The molecule has 27 heavy (non-hydrogen) atoms. The summed E-state index contributed by atoms with van der Waals surface area (Å²) >= 11 is 0. The fraction of sp³-hybridized carbons (Fsp3) is 0.350. The van der Waals surface area contributed by atoms with Crippen molar-refractivity contribution in [3.8, 4) is 0 Å². The van der Waals surface area contributed by atoms with Gasteiger partial charge in [-0.15, -0.1) is 0 Å². The standard InChI is InChI=1S/C20H22N4O3/c25-18-20(23-19(26)22-18,17-7-1-2-10-21-17)15-8-12-24(13-9-15)11-3-5-16-6-4-14-27-16/h1-7,10,14-15H,8-9,11-13H2,(H2,22,23,25,26)/b5-3+/t20-/m1/s1. The molecule has 0 unspecified atom stereocenters. The molecule has 0 aromatic carbocycles. The molecule has 2 aromatic heterocycles. The number of piperidine rings is 1. The number of carbonyl (C=O) groups is 2. The topological polar surface area (TPSA) is 87.5 Å². The summed E-state index contributed by atoms with van der Waals surface area (Å²) in [6, 6.07) is 8.79. The summed E-state index contributed by atoms with van der Waals surface area (Å²) in [5.74, 6) is 0.538. The highest BCUT2D eigenvalue weighted by molar-refractivity contribution is 6.07. The highest BCUT2D eigenvalue weighted by Crippen LogP contribution is 2.38. The second kappa shape index (κ2) is 7.36. The van der Waals surface area contributed by atoms with E-state index in [2.05, 4.69) is 26.6 Å². The normalized spacial score (nSPS) is 24.3. The number of furan rings is 1. The number of imide groups is 1. The number of hydrogen-bond acceptors (Lipinski definition) is 5. The highest BCUT2D eigenvalue weighted by Gasteiger charge is 2.54. The Bertz CT molecular complexity index is 826.